The number of hydrogen-bond acceptors (Lipinski definition) is 7. The monoisotopic (exact) mass is 436 g/mol. The average molecular weight is 436 g/mol. The molecule has 0 aromatic carbocycles. The Balaban J connectivity index is 1.33. The Bertz CT molecular complexity index is 1240. The van der Waals surface area contributed by atoms with Crippen molar-refractivity contribution in [3.63, 3.8) is 0 Å². The van der Waals surface area contributed by atoms with Gasteiger partial charge in [-0.05, 0) is 31.0 Å². The molecule has 0 aliphatic carbocycles. The summed E-state index contributed by atoms with van der Waals surface area (Å²) in [6.45, 7) is 1.43. The van der Waals surface area contributed by atoms with Crippen molar-refractivity contribution < 1.29 is 13.6 Å². The number of fused-ring (bicyclic) bond motifs is 2. The van der Waals surface area contributed by atoms with E-state index in [9.17, 15) is 9.18 Å². The zero-order valence-corrected chi connectivity index (χ0v) is 17.2. The highest BCUT2D eigenvalue weighted by Crippen LogP contribution is 2.34. The van der Waals surface area contributed by atoms with Crippen LogP contribution in [0.1, 0.15) is 46.7 Å². The second-order valence-electron chi connectivity index (χ2n) is 8.11. The van der Waals surface area contributed by atoms with Crippen LogP contribution in [0.15, 0.2) is 41.2 Å². The first kappa shape index (κ1) is 19.0. The number of imidazole rings is 1. The van der Waals surface area contributed by atoms with E-state index in [1.165, 1.54) is 0 Å². The summed E-state index contributed by atoms with van der Waals surface area (Å²) in [4.78, 5) is 24.6. The maximum atomic E-state index is 13.5. The molecule has 10 nitrogen and oxygen atoms in total. The molecule has 4 aromatic rings. The molecule has 1 fully saturated rings. The summed E-state index contributed by atoms with van der Waals surface area (Å²) < 4.78 is 21.0. The van der Waals surface area contributed by atoms with Crippen LogP contribution < -0.4 is 4.90 Å². The van der Waals surface area contributed by atoms with Gasteiger partial charge >= 0.3 is 17.8 Å². The molecule has 2 aliphatic rings. The number of nitrogens with zero attached hydrogens (tertiary/aromatic N) is 7. The summed E-state index contributed by atoms with van der Waals surface area (Å²) in [6.07, 6.45) is 4.16. The molecule has 0 saturated carbocycles. The lowest BCUT2D eigenvalue weighted by atomic mass is 9.99. The van der Waals surface area contributed by atoms with Gasteiger partial charge in [-0.25, -0.2) is 13.9 Å². The van der Waals surface area contributed by atoms with Crippen LogP contribution in [0.2, 0.25) is 0 Å². The number of halogens is 1. The molecule has 4 aromatic heterocycles. The summed E-state index contributed by atoms with van der Waals surface area (Å²) in [5, 5.41) is 12.7. The van der Waals surface area contributed by atoms with Crippen LogP contribution in [0.4, 0.5) is 10.4 Å². The quantitative estimate of drug-likeness (QED) is 0.524. The number of pyridine rings is 1. The molecule has 0 radical (unpaired) electrons. The number of carbonyl (C=O) groups is 1. The second-order valence-corrected chi connectivity index (χ2v) is 8.11. The molecule has 164 valence electrons. The van der Waals surface area contributed by atoms with Crippen LogP contribution in [-0.2, 0) is 6.42 Å². The Kier molecular flexibility index (Phi) is 4.40. The highest BCUT2D eigenvalue weighted by Gasteiger charge is 2.38. The molecule has 32 heavy (non-hydrogen) atoms. The molecule has 0 spiro atoms. The zero-order chi connectivity index (χ0) is 21.7. The number of aromatic nitrogens is 6. The van der Waals surface area contributed by atoms with Crippen LogP contribution in [0.25, 0.3) is 5.52 Å². The molecular weight excluding hydrogens is 415 g/mol. The van der Waals surface area contributed by atoms with Crippen molar-refractivity contribution in [2.75, 3.05) is 24.5 Å². The molecule has 1 atom stereocenters. The van der Waals surface area contributed by atoms with Gasteiger partial charge in [0.1, 0.15) is 12.2 Å². The van der Waals surface area contributed by atoms with Crippen molar-refractivity contribution in [3.05, 3.63) is 59.8 Å². The van der Waals surface area contributed by atoms with Gasteiger partial charge in [-0.1, -0.05) is 11.2 Å². The highest BCUT2D eigenvalue weighted by molar-refractivity contribution is 5.90. The Morgan fingerprint density at radius 2 is 2.06 bits per heavy atom. The molecule has 1 unspecified atom stereocenters. The highest BCUT2D eigenvalue weighted by atomic mass is 19.1. The number of aromatic amines is 1. The Hall–Kier alpha value is -3.76. The van der Waals surface area contributed by atoms with E-state index < -0.39 is 12.2 Å². The Morgan fingerprint density at radius 3 is 2.91 bits per heavy atom. The lowest BCUT2D eigenvalue weighted by Crippen LogP contribution is -2.41. The van der Waals surface area contributed by atoms with Crippen molar-refractivity contribution >= 4 is 17.4 Å². The summed E-state index contributed by atoms with van der Waals surface area (Å²) in [5.41, 5.74) is 3.38. The largest absolute Gasteiger partial charge is 0.399 e. The SMILES string of the molecule is O=C(c1nnc(N2CCC(F)CC2)o1)N1CCc2[nH]cnc2C1c1cc2ccccn2n1. The minimum absolute atomic E-state index is 0.0879. The summed E-state index contributed by atoms with van der Waals surface area (Å²) in [6, 6.07) is 7.53. The first-order valence-electron chi connectivity index (χ1n) is 10.7. The first-order valence-corrected chi connectivity index (χ1v) is 10.7. The van der Waals surface area contributed by atoms with Gasteiger partial charge in [-0.2, -0.15) is 5.10 Å². The van der Waals surface area contributed by atoms with E-state index in [1.807, 2.05) is 35.4 Å². The third kappa shape index (κ3) is 3.12. The van der Waals surface area contributed by atoms with Gasteiger partial charge in [0.15, 0.2) is 0 Å². The number of hydrogen-bond donors (Lipinski definition) is 1. The van der Waals surface area contributed by atoms with Crippen LogP contribution in [-0.4, -0.2) is 66.4 Å². The van der Waals surface area contributed by atoms with Crippen molar-refractivity contribution in [1.29, 1.82) is 0 Å². The summed E-state index contributed by atoms with van der Waals surface area (Å²) in [7, 11) is 0. The molecule has 0 bridgehead atoms. The molecule has 2 aliphatic heterocycles. The van der Waals surface area contributed by atoms with Crippen molar-refractivity contribution in [1.82, 2.24) is 34.7 Å². The molecule has 6 heterocycles. The summed E-state index contributed by atoms with van der Waals surface area (Å²) in [5.74, 6) is -0.463. The van der Waals surface area contributed by atoms with Gasteiger partial charge in [0.25, 0.3) is 0 Å². The maximum absolute atomic E-state index is 13.5. The van der Waals surface area contributed by atoms with E-state index >= 15 is 0 Å². The van der Waals surface area contributed by atoms with Gasteiger partial charge in [0, 0.05) is 37.9 Å². The topological polar surface area (TPSA) is 108 Å². The minimum atomic E-state index is -0.808. The van der Waals surface area contributed by atoms with E-state index in [2.05, 4.69) is 25.3 Å². The maximum Gasteiger partial charge on any atom is 0.318 e. The van der Waals surface area contributed by atoms with Gasteiger partial charge in [0.2, 0.25) is 0 Å². The second kappa shape index (κ2) is 7.43. The number of anilines is 1. The molecular formula is C21H21FN8O2. The first-order chi connectivity index (χ1) is 15.7. The minimum Gasteiger partial charge on any atom is -0.399 e. The van der Waals surface area contributed by atoms with Gasteiger partial charge in [0.05, 0.1) is 23.2 Å². The standard InChI is InChI=1S/C21H21FN8O2/c22-13-4-8-28(9-5-13)21-26-25-19(32-21)20(31)29-10-6-15-17(24-12-23-15)18(29)16-11-14-3-1-2-7-30(14)27-16/h1-3,7,11-13,18H,4-6,8-10H2,(H,23,24). The third-order valence-corrected chi connectivity index (χ3v) is 6.15. The fraction of sp³-hybridized carbons (Fsp3) is 0.381. The fourth-order valence-electron chi connectivity index (χ4n) is 4.48. The third-order valence-electron chi connectivity index (χ3n) is 6.15. The zero-order valence-electron chi connectivity index (χ0n) is 17.2. The Labute approximate surface area is 182 Å². The Morgan fingerprint density at radius 1 is 1.19 bits per heavy atom. The number of nitrogens with one attached hydrogen (secondary N) is 1. The molecule has 1 N–H and O–H groups in total. The smallest absolute Gasteiger partial charge is 0.318 e. The number of piperidine rings is 1. The van der Waals surface area contributed by atoms with Crippen molar-refractivity contribution in [3.8, 4) is 0 Å². The fourth-order valence-corrected chi connectivity index (χ4v) is 4.48. The number of amides is 1. The lowest BCUT2D eigenvalue weighted by molar-refractivity contribution is 0.0646. The molecule has 6 rings (SSSR count). The lowest BCUT2D eigenvalue weighted by Gasteiger charge is -2.32. The number of carbonyl (C=O) groups excluding carboxylic acids is 1. The van der Waals surface area contributed by atoms with Crippen LogP contribution in [0.5, 0.6) is 0 Å². The molecule has 11 heteroatoms. The average Bonchev–Trinajstić information content (AvgIpc) is 3.57. The van der Waals surface area contributed by atoms with Crippen LogP contribution in [0, 0.1) is 0 Å². The van der Waals surface area contributed by atoms with Crippen molar-refractivity contribution in [2.45, 2.75) is 31.5 Å². The van der Waals surface area contributed by atoms with E-state index in [-0.39, 0.29) is 17.8 Å². The molecule has 1 saturated heterocycles. The number of H-pyrrole nitrogens is 1. The van der Waals surface area contributed by atoms with Gasteiger partial charge in [-0.15, -0.1) is 5.10 Å². The number of rotatable bonds is 3. The van der Waals surface area contributed by atoms with E-state index in [4.69, 9.17) is 4.42 Å². The van der Waals surface area contributed by atoms with Crippen LogP contribution >= 0.6 is 0 Å². The van der Waals surface area contributed by atoms with Gasteiger partial charge in [-0.3, -0.25) is 4.79 Å². The predicted molar refractivity (Wildman–Crippen MR) is 111 cm³/mol. The number of alkyl halides is 1. The summed E-state index contributed by atoms with van der Waals surface area (Å²) >= 11 is 0. The normalized spacial score (nSPS) is 19.5. The van der Waals surface area contributed by atoms with Crippen molar-refractivity contribution in [2.24, 2.45) is 0 Å². The van der Waals surface area contributed by atoms with E-state index in [0.29, 0.717) is 44.6 Å². The predicted octanol–water partition coefficient (Wildman–Crippen LogP) is 2.17. The van der Waals surface area contributed by atoms with E-state index in [0.717, 1.165) is 16.9 Å². The van der Waals surface area contributed by atoms with Gasteiger partial charge < -0.3 is 19.2 Å². The van der Waals surface area contributed by atoms with E-state index in [1.54, 1.807) is 15.7 Å². The molecule has 1 amide bonds. The van der Waals surface area contributed by atoms with Crippen LogP contribution in [0.3, 0.4) is 0 Å².